The van der Waals surface area contributed by atoms with Crippen molar-refractivity contribution in [2.75, 3.05) is 6.54 Å². The molecule has 0 aromatic rings. The maximum Gasteiger partial charge on any atom is 0.407 e. The van der Waals surface area contributed by atoms with Gasteiger partial charge in [0.05, 0.1) is 0 Å². The molecule has 0 aromatic heterocycles. The van der Waals surface area contributed by atoms with Gasteiger partial charge >= 0.3 is 6.09 Å². The van der Waals surface area contributed by atoms with Gasteiger partial charge in [0.25, 0.3) is 0 Å². The molecule has 0 saturated carbocycles. The molecule has 0 saturated heterocycles. The Morgan fingerprint density at radius 2 is 1.89 bits per heavy atom. The molecular weight excluding hydrogens is 242 g/mol. The molecule has 0 aromatic carbocycles. The first-order valence-electron chi connectivity index (χ1n) is 6.79. The van der Waals surface area contributed by atoms with Crippen LogP contribution >= 0.6 is 0 Å². The van der Waals surface area contributed by atoms with E-state index >= 15 is 0 Å². The van der Waals surface area contributed by atoms with Crippen molar-refractivity contribution >= 4 is 11.9 Å². The number of rotatable bonds is 7. The molecule has 0 aliphatic heterocycles. The average Bonchev–Trinajstić information content (AvgIpc) is 2.21. The highest BCUT2D eigenvalue weighted by Gasteiger charge is 2.21. The zero-order valence-corrected chi connectivity index (χ0v) is 12.8. The second-order valence-electron chi connectivity index (χ2n) is 5.96. The Kier molecular flexibility index (Phi) is 7.42. The summed E-state index contributed by atoms with van der Waals surface area (Å²) in [7, 11) is 0. The van der Waals surface area contributed by atoms with Crippen LogP contribution in [0.5, 0.6) is 0 Å². The summed E-state index contributed by atoms with van der Waals surface area (Å²) in [6, 6.07) is 0. The van der Waals surface area contributed by atoms with Crippen molar-refractivity contribution in [3.8, 4) is 0 Å². The number of carbonyl (C=O) groups is 2. The molecule has 4 nitrogen and oxygen atoms in total. The Balaban J connectivity index is 4.37. The molecule has 1 N–H and O–H groups in total. The lowest BCUT2D eigenvalue weighted by Gasteiger charge is -2.21. The van der Waals surface area contributed by atoms with Crippen LogP contribution in [0.3, 0.4) is 0 Å². The number of ketones is 1. The molecule has 1 unspecified atom stereocenters. The van der Waals surface area contributed by atoms with E-state index in [9.17, 15) is 9.59 Å². The Hall–Kier alpha value is -1.32. The molecule has 0 radical (unpaired) electrons. The summed E-state index contributed by atoms with van der Waals surface area (Å²) in [6.07, 6.45) is 1.48. The average molecular weight is 269 g/mol. The van der Waals surface area contributed by atoms with Gasteiger partial charge in [-0.3, -0.25) is 4.79 Å². The predicted molar refractivity (Wildman–Crippen MR) is 77.1 cm³/mol. The highest BCUT2D eigenvalue weighted by molar-refractivity contribution is 5.82. The number of hydrogen-bond donors (Lipinski definition) is 1. The monoisotopic (exact) mass is 269 g/mol. The molecular formula is C15H27NO3. The molecule has 110 valence electrons. The maximum absolute atomic E-state index is 11.9. The fraction of sp³-hybridized carbons (Fsp3) is 0.733. The van der Waals surface area contributed by atoms with Crippen molar-refractivity contribution in [3.05, 3.63) is 12.2 Å². The number of amides is 1. The van der Waals surface area contributed by atoms with Gasteiger partial charge < -0.3 is 10.1 Å². The van der Waals surface area contributed by atoms with Crippen molar-refractivity contribution in [2.45, 2.75) is 59.5 Å². The zero-order chi connectivity index (χ0) is 15.1. The SMILES string of the molecule is C=C(C)CC(CNC(=O)OC(C)(C)C)C(=O)CCC. The van der Waals surface area contributed by atoms with E-state index in [2.05, 4.69) is 11.9 Å². The van der Waals surface area contributed by atoms with Crippen LogP contribution in [-0.4, -0.2) is 24.0 Å². The van der Waals surface area contributed by atoms with Crippen LogP contribution in [0.4, 0.5) is 4.79 Å². The van der Waals surface area contributed by atoms with Crippen LogP contribution in [0.15, 0.2) is 12.2 Å². The van der Waals surface area contributed by atoms with Gasteiger partial charge in [-0.05, 0) is 40.5 Å². The molecule has 19 heavy (non-hydrogen) atoms. The Labute approximate surface area is 116 Å². The van der Waals surface area contributed by atoms with Gasteiger partial charge in [0.1, 0.15) is 11.4 Å². The van der Waals surface area contributed by atoms with Crippen molar-refractivity contribution in [1.82, 2.24) is 5.32 Å². The third-order valence-corrected chi connectivity index (χ3v) is 2.44. The van der Waals surface area contributed by atoms with E-state index in [-0.39, 0.29) is 11.7 Å². The van der Waals surface area contributed by atoms with Crippen molar-refractivity contribution in [3.63, 3.8) is 0 Å². The van der Waals surface area contributed by atoms with E-state index in [0.29, 0.717) is 19.4 Å². The normalized spacial score (nSPS) is 12.7. The lowest BCUT2D eigenvalue weighted by Crippen LogP contribution is -2.37. The third kappa shape index (κ3) is 9.28. The number of ether oxygens (including phenoxy) is 1. The molecule has 1 atom stereocenters. The minimum atomic E-state index is -0.526. The summed E-state index contributed by atoms with van der Waals surface area (Å²) < 4.78 is 5.15. The first kappa shape index (κ1) is 17.7. The van der Waals surface area contributed by atoms with E-state index in [4.69, 9.17) is 4.74 Å². The van der Waals surface area contributed by atoms with E-state index < -0.39 is 11.7 Å². The van der Waals surface area contributed by atoms with E-state index in [1.54, 1.807) is 20.8 Å². The van der Waals surface area contributed by atoms with Crippen LogP contribution in [0.1, 0.15) is 53.9 Å². The summed E-state index contributed by atoms with van der Waals surface area (Å²) >= 11 is 0. The van der Waals surface area contributed by atoms with Crippen LogP contribution in [0.2, 0.25) is 0 Å². The smallest absolute Gasteiger partial charge is 0.407 e. The van der Waals surface area contributed by atoms with Crippen LogP contribution in [0.25, 0.3) is 0 Å². The highest BCUT2D eigenvalue weighted by Crippen LogP contribution is 2.14. The largest absolute Gasteiger partial charge is 0.444 e. The van der Waals surface area contributed by atoms with E-state index in [1.165, 1.54) is 0 Å². The second kappa shape index (κ2) is 7.97. The molecule has 0 spiro atoms. The zero-order valence-electron chi connectivity index (χ0n) is 12.8. The molecule has 0 aliphatic carbocycles. The first-order chi connectivity index (χ1) is 8.65. The fourth-order valence-electron chi connectivity index (χ4n) is 1.69. The number of alkyl carbamates (subject to hydrolysis) is 1. The number of nitrogens with one attached hydrogen (secondary N) is 1. The molecule has 0 fully saturated rings. The van der Waals surface area contributed by atoms with Crippen molar-refractivity contribution in [2.24, 2.45) is 5.92 Å². The molecule has 0 rings (SSSR count). The standard InChI is InChI=1S/C15H27NO3/c1-7-8-13(17)12(9-11(2)3)10-16-14(18)19-15(4,5)6/h12H,2,7-10H2,1,3-6H3,(H,16,18). The van der Waals surface area contributed by atoms with Gasteiger partial charge in [0.15, 0.2) is 0 Å². The molecule has 0 heterocycles. The van der Waals surface area contributed by atoms with Crippen LogP contribution < -0.4 is 5.32 Å². The Bertz CT molecular complexity index is 329. The van der Waals surface area contributed by atoms with Gasteiger partial charge in [0.2, 0.25) is 0 Å². The van der Waals surface area contributed by atoms with Crippen molar-refractivity contribution in [1.29, 1.82) is 0 Å². The number of hydrogen-bond acceptors (Lipinski definition) is 3. The van der Waals surface area contributed by atoms with Crippen molar-refractivity contribution < 1.29 is 14.3 Å². The fourth-order valence-corrected chi connectivity index (χ4v) is 1.69. The minimum Gasteiger partial charge on any atom is -0.444 e. The van der Waals surface area contributed by atoms with Crippen LogP contribution in [0, 0.1) is 5.92 Å². The second-order valence-corrected chi connectivity index (χ2v) is 5.96. The summed E-state index contributed by atoms with van der Waals surface area (Å²) in [5, 5.41) is 2.66. The van der Waals surface area contributed by atoms with Gasteiger partial charge in [-0.15, -0.1) is 6.58 Å². The lowest BCUT2D eigenvalue weighted by molar-refractivity contribution is -0.122. The quantitative estimate of drug-likeness (QED) is 0.720. The van der Waals surface area contributed by atoms with Gasteiger partial charge in [-0.25, -0.2) is 4.79 Å². The van der Waals surface area contributed by atoms with Gasteiger partial charge in [-0.1, -0.05) is 12.5 Å². The number of allylic oxidation sites excluding steroid dienone is 1. The summed E-state index contributed by atoms with van der Waals surface area (Å²) in [4.78, 5) is 23.5. The Morgan fingerprint density at radius 1 is 1.32 bits per heavy atom. The molecule has 4 heteroatoms. The number of carbonyl (C=O) groups excluding carboxylic acids is 2. The van der Waals surface area contributed by atoms with E-state index in [1.807, 2.05) is 13.8 Å². The van der Waals surface area contributed by atoms with Gasteiger partial charge in [-0.2, -0.15) is 0 Å². The summed E-state index contributed by atoms with van der Waals surface area (Å²) in [6.45, 7) is 13.4. The van der Waals surface area contributed by atoms with Crippen LogP contribution in [-0.2, 0) is 9.53 Å². The molecule has 0 aliphatic rings. The first-order valence-corrected chi connectivity index (χ1v) is 6.79. The maximum atomic E-state index is 11.9. The highest BCUT2D eigenvalue weighted by atomic mass is 16.6. The van der Waals surface area contributed by atoms with E-state index in [0.717, 1.165) is 12.0 Å². The topological polar surface area (TPSA) is 55.4 Å². The Morgan fingerprint density at radius 3 is 2.32 bits per heavy atom. The molecule has 1 amide bonds. The predicted octanol–water partition coefficient (Wildman–Crippen LogP) is 3.46. The minimum absolute atomic E-state index is 0.168. The summed E-state index contributed by atoms with van der Waals surface area (Å²) in [5.41, 5.74) is 0.418. The number of Topliss-reactive ketones (excluding diaryl/α,β-unsaturated/α-hetero) is 1. The lowest BCUT2D eigenvalue weighted by atomic mass is 9.94. The van der Waals surface area contributed by atoms with Gasteiger partial charge in [0, 0.05) is 18.9 Å². The third-order valence-electron chi connectivity index (χ3n) is 2.44. The summed E-state index contributed by atoms with van der Waals surface area (Å²) in [5.74, 6) is -0.0356. The molecule has 0 bridgehead atoms.